The Morgan fingerprint density at radius 2 is 2.12 bits per heavy atom. The van der Waals surface area contributed by atoms with Crippen LogP contribution in [0.15, 0.2) is 12.1 Å². The molecule has 2 aromatic rings. The molecule has 0 aliphatic carbocycles. The van der Waals surface area contributed by atoms with Gasteiger partial charge in [-0.1, -0.05) is 11.6 Å². The SMILES string of the molecule is Cc1cc(Cl)c(-c2nc(C)c(C#N)s2)cc1F. The predicted molar refractivity (Wildman–Crippen MR) is 66.7 cm³/mol. The van der Waals surface area contributed by atoms with Gasteiger partial charge in [-0.15, -0.1) is 11.3 Å². The van der Waals surface area contributed by atoms with Gasteiger partial charge < -0.3 is 0 Å². The number of rotatable bonds is 1. The number of aryl methyl sites for hydroxylation is 2. The molecule has 2 rings (SSSR count). The summed E-state index contributed by atoms with van der Waals surface area (Å²) < 4.78 is 13.5. The fourth-order valence-corrected chi connectivity index (χ4v) is 2.68. The maximum atomic E-state index is 13.5. The highest BCUT2D eigenvalue weighted by molar-refractivity contribution is 7.15. The third kappa shape index (κ3) is 2.17. The second-order valence-electron chi connectivity index (χ2n) is 3.63. The molecule has 0 fully saturated rings. The molecule has 0 aliphatic rings. The van der Waals surface area contributed by atoms with E-state index < -0.39 is 0 Å². The van der Waals surface area contributed by atoms with Crippen molar-refractivity contribution < 1.29 is 4.39 Å². The predicted octanol–water partition coefficient (Wildman–Crippen LogP) is 4.09. The standard InChI is InChI=1S/C12H8ClFN2S/c1-6-3-9(13)8(4-10(6)14)12-16-7(2)11(5-15)17-12/h3-4H,1-2H3. The first-order valence-electron chi connectivity index (χ1n) is 4.86. The molecule has 17 heavy (non-hydrogen) atoms. The largest absolute Gasteiger partial charge is 0.240 e. The number of hydrogen-bond donors (Lipinski definition) is 0. The van der Waals surface area contributed by atoms with Crippen LogP contribution in [0.5, 0.6) is 0 Å². The van der Waals surface area contributed by atoms with E-state index in [-0.39, 0.29) is 5.82 Å². The lowest BCUT2D eigenvalue weighted by Gasteiger charge is -2.03. The molecule has 5 heteroatoms. The molecule has 1 heterocycles. The number of hydrogen-bond acceptors (Lipinski definition) is 3. The van der Waals surface area contributed by atoms with E-state index in [9.17, 15) is 4.39 Å². The molecule has 0 unspecified atom stereocenters. The van der Waals surface area contributed by atoms with Crippen LogP contribution in [0, 0.1) is 31.0 Å². The van der Waals surface area contributed by atoms with Crippen molar-refractivity contribution in [2.24, 2.45) is 0 Å². The van der Waals surface area contributed by atoms with Crippen molar-refractivity contribution in [3.05, 3.63) is 39.1 Å². The van der Waals surface area contributed by atoms with Crippen molar-refractivity contribution in [1.82, 2.24) is 4.98 Å². The number of halogens is 2. The van der Waals surface area contributed by atoms with E-state index in [1.54, 1.807) is 19.9 Å². The van der Waals surface area contributed by atoms with Crippen molar-refractivity contribution >= 4 is 22.9 Å². The lowest BCUT2D eigenvalue weighted by Crippen LogP contribution is -1.86. The Bertz CT molecular complexity index is 628. The smallest absolute Gasteiger partial charge is 0.128 e. The van der Waals surface area contributed by atoms with Gasteiger partial charge in [0.25, 0.3) is 0 Å². The van der Waals surface area contributed by atoms with Crippen molar-refractivity contribution in [2.45, 2.75) is 13.8 Å². The summed E-state index contributed by atoms with van der Waals surface area (Å²) in [5.74, 6) is -0.323. The van der Waals surface area contributed by atoms with Gasteiger partial charge in [-0.25, -0.2) is 9.37 Å². The Kier molecular flexibility index (Phi) is 3.14. The van der Waals surface area contributed by atoms with Gasteiger partial charge in [-0.3, -0.25) is 0 Å². The van der Waals surface area contributed by atoms with E-state index in [2.05, 4.69) is 11.1 Å². The molecule has 0 saturated carbocycles. The zero-order valence-corrected chi connectivity index (χ0v) is 10.8. The van der Waals surface area contributed by atoms with Crippen LogP contribution in [-0.4, -0.2) is 4.98 Å². The van der Waals surface area contributed by atoms with E-state index in [1.165, 1.54) is 17.4 Å². The van der Waals surface area contributed by atoms with E-state index in [0.717, 1.165) is 0 Å². The highest BCUT2D eigenvalue weighted by atomic mass is 35.5. The summed E-state index contributed by atoms with van der Waals surface area (Å²) in [6, 6.07) is 4.97. The van der Waals surface area contributed by atoms with E-state index in [1.807, 2.05) is 0 Å². The van der Waals surface area contributed by atoms with Gasteiger partial charge in [0, 0.05) is 5.56 Å². The molecule has 0 bridgehead atoms. The molecule has 0 aliphatic heterocycles. The van der Waals surface area contributed by atoms with Crippen molar-refractivity contribution in [3.63, 3.8) is 0 Å². The number of nitriles is 1. The molecule has 0 amide bonds. The molecule has 2 nitrogen and oxygen atoms in total. The van der Waals surface area contributed by atoms with Gasteiger partial charge in [-0.05, 0) is 31.5 Å². The van der Waals surface area contributed by atoms with Gasteiger partial charge in [0.05, 0.1) is 10.7 Å². The van der Waals surface area contributed by atoms with Crippen LogP contribution in [-0.2, 0) is 0 Å². The summed E-state index contributed by atoms with van der Waals surface area (Å²) in [6.07, 6.45) is 0. The number of thiazole rings is 1. The topological polar surface area (TPSA) is 36.7 Å². The molecule has 1 aromatic carbocycles. The van der Waals surface area contributed by atoms with Gasteiger partial charge in [-0.2, -0.15) is 5.26 Å². The minimum atomic E-state index is -0.323. The Balaban J connectivity index is 2.61. The molecule has 0 atom stereocenters. The zero-order chi connectivity index (χ0) is 12.6. The molecule has 0 N–H and O–H groups in total. The summed E-state index contributed by atoms with van der Waals surface area (Å²) in [5, 5.41) is 9.88. The Labute approximate surface area is 107 Å². The van der Waals surface area contributed by atoms with Crippen LogP contribution in [0.2, 0.25) is 5.02 Å². The van der Waals surface area contributed by atoms with Crippen LogP contribution < -0.4 is 0 Å². The van der Waals surface area contributed by atoms with Gasteiger partial charge in [0.2, 0.25) is 0 Å². The van der Waals surface area contributed by atoms with Gasteiger partial charge in [0.1, 0.15) is 21.8 Å². The maximum absolute atomic E-state index is 13.5. The van der Waals surface area contributed by atoms with Crippen LogP contribution in [0.25, 0.3) is 10.6 Å². The van der Waals surface area contributed by atoms with Gasteiger partial charge in [0.15, 0.2) is 0 Å². The van der Waals surface area contributed by atoms with Crippen LogP contribution in [0.4, 0.5) is 4.39 Å². The Hall–Kier alpha value is -1.44. The molecular weight excluding hydrogens is 259 g/mol. The third-order valence-electron chi connectivity index (χ3n) is 2.38. The third-order valence-corrected chi connectivity index (χ3v) is 3.78. The van der Waals surface area contributed by atoms with E-state index >= 15 is 0 Å². The molecule has 1 aromatic heterocycles. The molecule has 0 saturated heterocycles. The number of nitrogens with zero attached hydrogens (tertiary/aromatic N) is 2. The molecule has 0 radical (unpaired) electrons. The summed E-state index contributed by atoms with van der Waals surface area (Å²) in [7, 11) is 0. The van der Waals surface area contributed by atoms with Crippen LogP contribution in [0.3, 0.4) is 0 Å². The fourth-order valence-electron chi connectivity index (χ4n) is 1.43. The molecule has 86 valence electrons. The lowest BCUT2D eigenvalue weighted by molar-refractivity contribution is 0.619. The second kappa shape index (κ2) is 4.44. The maximum Gasteiger partial charge on any atom is 0.128 e. The summed E-state index contributed by atoms with van der Waals surface area (Å²) >= 11 is 7.28. The van der Waals surface area contributed by atoms with Crippen molar-refractivity contribution in [3.8, 4) is 16.6 Å². The second-order valence-corrected chi connectivity index (χ2v) is 5.03. The zero-order valence-electron chi connectivity index (χ0n) is 9.21. The summed E-state index contributed by atoms with van der Waals surface area (Å²) in [4.78, 5) is 4.75. The minimum absolute atomic E-state index is 0.323. The first kappa shape index (κ1) is 12.0. The highest BCUT2D eigenvalue weighted by Gasteiger charge is 2.13. The fraction of sp³-hybridized carbons (Fsp3) is 0.167. The van der Waals surface area contributed by atoms with E-state index in [4.69, 9.17) is 16.9 Å². The average molecular weight is 267 g/mol. The van der Waals surface area contributed by atoms with Gasteiger partial charge >= 0.3 is 0 Å². The average Bonchev–Trinajstić information content (AvgIpc) is 2.65. The monoisotopic (exact) mass is 266 g/mol. The molecule has 0 spiro atoms. The van der Waals surface area contributed by atoms with Crippen LogP contribution >= 0.6 is 22.9 Å². The Morgan fingerprint density at radius 1 is 1.41 bits per heavy atom. The normalized spacial score (nSPS) is 10.3. The van der Waals surface area contributed by atoms with E-state index in [0.29, 0.717) is 31.7 Å². The Morgan fingerprint density at radius 3 is 2.71 bits per heavy atom. The first-order valence-corrected chi connectivity index (χ1v) is 6.06. The summed E-state index contributed by atoms with van der Waals surface area (Å²) in [6.45, 7) is 3.40. The van der Waals surface area contributed by atoms with Crippen LogP contribution in [0.1, 0.15) is 16.1 Å². The van der Waals surface area contributed by atoms with Crippen molar-refractivity contribution in [2.75, 3.05) is 0 Å². The minimum Gasteiger partial charge on any atom is -0.240 e. The molecular formula is C12H8ClFN2S. The first-order chi connectivity index (χ1) is 8.02. The summed E-state index contributed by atoms with van der Waals surface area (Å²) in [5.41, 5.74) is 1.67. The number of aromatic nitrogens is 1. The van der Waals surface area contributed by atoms with Crippen molar-refractivity contribution in [1.29, 1.82) is 5.26 Å². The number of benzene rings is 1. The quantitative estimate of drug-likeness (QED) is 0.779. The lowest BCUT2D eigenvalue weighted by atomic mass is 10.1. The highest BCUT2D eigenvalue weighted by Crippen LogP contribution is 2.34.